The van der Waals surface area contributed by atoms with Crippen LogP contribution in [0.1, 0.15) is 33.9 Å². The molecule has 2 aromatic carbocycles. The number of aryl methyl sites for hydroxylation is 1. The zero-order valence-corrected chi connectivity index (χ0v) is 15.3. The van der Waals surface area contributed by atoms with Crippen molar-refractivity contribution in [2.75, 3.05) is 13.1 Å². The van der Waals surface area contributed by atoms with E-state index < -0.39 is 12.0 Å². The van der Waals surface area contributed by atoms with Crippen molar-refractivity contribution >= 4 is 29.4 Å². The molecule has 0 saturated carbocycles. The van der Waals surface area contributed by atoms with Crippen LogP contribution in [0.2, 0.25) is 5.02 Å². The van der Waals surface area contributed by atoms with E-state index in [0.717, 1.165) is 0 Å². The van der Waals surface area contributed by atoms with Gasteiger partial charge in [-0.2, -0.15) is 0 Å². The van der Waals surface area contributed by atoms with E-state index in [0.29, 0.717) is 29.2 Å². The lowest BCUT2D eigenvalue weighted by molar-refractivity contribution is -0.143. The first-order valence-electron chi connectivity index (χ1n) is 8.62. The van der Waals surface area contributed by atoms with E-state index in [2.05, 4.69) is 5.32 Å². The number of carboxylic acid groups (broad SMARTS) is 1. The molecule has 1 atom stereocenters. The Labute approximate surface area is 161 Å². The van der Waals surface area contributed by atoms with Crippen LogP contribution in [0.3, 0.4) is 0 Å². The normalized spacial score (nSPS) is 16.7. The first-order chi connectivity index (χ1) is 13.0. The molecule has 1 saturated heterocycles. The molecule has 140 valence electrons. The Balaban J connectivity index is 1.79. The van der Waals surface area contributed by atoms with Crippen molar-refractivity contribution < 1.29 is 19.5 Å². The lowest BCUT2D eigenvalue weighted by atomic mass is 9.99. The van der Waals surface area contributed by atoms with Crippen molar-refractivity contribution in [1.29, 1.82) is 0 Å². The standard InChI is InChI=1S/C20H19ClN2O4/c21-16-8-4-3-7-15(16)18-19(25)22-11-12-23(18)17(24)10-9-13-5-1-2-6-14(13)20(26)27/h1-8,18H,9-12H2,(H,22,25)(H,26,27). The van der Waals surface area contributed by atoms with Crippen LogP contribution in [0.4, 0.5) is 0 Å². The van der Waals surface area contributed by atoms with Crippen molar-refractivity contribution in [2.45, 2.75) is 18.9 Å². The molecular weight excluding hydrogens is 368 g/mol. The molecule has 0 bridgehead atoms. The van der Waals surface area contributed by atoms with Gasteiger partial charge in [-0.25, -0.2) is 4.79 Å². The van der Waals surface area contributed by atoms with Crippen LogP contribution >= 0.6 is 11.6 Å². The van der Waals surface area contributed by atoms with Gasteiger partial charge < -0.3 is 15.3 Å². The molecule has 2 aromatic rings. The average molecular weight is 387 g/mol. The SMILES string of the molecule is O=C(O)c1ccccc1CCC(=O)N1CCNC(=O)C1c1ccccc1Cl. The number of hydrogen-bond donors (Lipinski definition) is 2. The highest BCUT2D eigenvalue weighted by Gasteiger charge is 2.35. The van der Waals surface area contributed by atoms with Gasteiger partial charge in [0.1, 0.15) is 6.04 Å². The van der Waals surface area contributed by atoms with E-state index in [1.165, 1.54) is 11.0 Å². The summed E-state index contributed by atoms with van der Waals surface area (Å²) in [5.74, 6) is -1.51. The topological polar surface area (TPSA) is 86.7 Å². The zero-order valence-electron chi connectivity index (χ0n) is 14.5. The number of amides is 2. The van der Waals surface area contributed by atoms with E-state index >= 15 is 0 Å². The van der Waals surface area contributed by atoms with Crippen LogP contribution in [0.15, 0.2) is 48.5 Å². The van der Waals surface area contributed by atoms with Crippen LogP contribution < -0.4 is 5.32 Å². The minimum atomic E-state index is -1.02. The number of carboxylic acids is 1. The molecule has 2 N–H and O–H groups in total. The Morgan fingerprint density at radius 1 is 1.15 bits per heavy atom. The maximum atomic E-state index is 12.8. The fraction of sp³-hybridized carbons (Fsp3) is 0.250. The van der Waals surface area contributed by atoms with Crippen molar-refractivity contribution in [3.63, 3.8) is 0 Å². The van der Waals surface area contributed by atoms with Crippen LogP contribution in [0.5, 0.6) is 0 Å². The quantitative estimate of drug-likeness (QED) is 0.827. The summed E-state index contributed by atoms with van der Waals surface area (Å²) in [6.45, 7) is 0.748. The van der Waals surface area contributed by atoms with Gasteiger partial charge in [0.2, 0.25) is 11.8 Å². The van der Waals surface area contributed by atoms with E-state index in [1.807, 2.05) is 0 Å². The van der Waals surface area contributed by atoms with Crippen molar-refractivity contribution in [3.8, 4) is 0 Å². The predicted octanol–water partition coefficient (Wildman–Crippen LogP) is 2.67. The molecule has 0 aromatic heterocycles. The number of hydrogen-bond acceptors (Lipinski definition) is 3. The molecule has 0 spiro atoms. The van der Waals surface area contributed by atoms with Gasteiger partial charge in [0, 0.05) is 30.1 Å². The molecule has 3 rings (SSSR count). The van der Waals surface area contributed by atoms with Gasteiger partial charge >= 0.3 is 5.97 Å². The Morgan fingerprint density at radius 3 is 2.59 bits per heavy atom. The van der Waals surface area contributed by atoms with Gasteiger partial charge in [0.15, 0.2) is 0 Å². The van der Waals surface area contributed by atoms with Gasteiger partial charge in [-0.1, -0.05) is 48.0 Å². The Morgan fingerprint density at radius 2 is 1.85 bits per heavy atom. The number of carbonyl (C=O) groups excluding carboxylic acids is 2. The smallest absolute Gasteiger partial charge is 0.335 e. The molecule has 1 aliphatic heterocycles. The van der Waals surface area contributed by atoms with Crippen molar-refractivity contribution in [1.82, 2.24) is 10.2 Å². The predicted molar refractivity (Wildman–Crippen MR) is 101 cm³/mol. The summed E-state index contributed by atoms with van der Waals surface area (Å²) in [5, 5.41) is 12.5. The minimum absolute atomic E-state index is 0.110. The summed E-state index contributed by atoms with van der Waals surface area (Å²) in [5.41, 5.74) is 1.36. The van der Waals surface area contributed by atoms with E-state index in [9.17, 15) is 19.5 Å². The Hall–Kier alpha value is -2.86. The maximum absolute atomic E-state index is 12.8. The highest BCUT2D eigenvalue weighted by molar-refractivity contribution is 6.31. The fourth-order valence-corrected chi connectivity index (χ4v) is 3.51. The molecule has 7 heteroatoms. The van der Waals surface area contributed by atoms with Crippen molar-refractivity contribution in [2.24, 2.45) is 0 Å². The first-order valence-corrected chi connectivity index (χ1v) is 8.99. The number of rotatable bonds is 5. The molecule has 1 unspecified atom stereocenters. The zero-order chi connectivity index (χ0) is 19.4. The van der Waals surface area contributed by atoms with Crippen LogP contribution in [0.25, 0.3) is 0 Å². The number of nitrogens with one attached hydrogen (secondary N) is 1. The third kappa shape index (κ3) is 4.11. The van der Waals surface area contributed by atoms with E-state index in [4.69, 9.17) is 11.6 Å². The molecule has 1 aliphatic rings. The number of nitrogens with zero attached hydrogens (tertiary/aromatic N) is 1. The minimum Gasteiger partial charge on any atom is -0.478 e. The molecule has 6 nitrogen and oxygen atoms in total. The number of benzene rings is 2. The summed E-state index contributed by atoms with van der Waals surface area (Å²) in [7, 11) is 0. The number of piperazine rings is 1. The van der Waals surface area contributed by atoms with E-state index in [1.54, 1.807) is 42.5 Å². The number of halogens is 1. The second kappa shape index (κ2) is 8.22. The summed E-state index contributed by atoms with van der Waals surface area (Å²) < 4.78 is 0. The van der Waals surface area contributed by atoms with Crippen LogP contribution in [-0.2, 0) is 16.0 Å². The van der Waals surface area contributed by atoms with Crippen LogP contribution in [-0.4, -0.2) is 40.9 Å². The summed E-state index contributed by atoms with van der Waals surface area (Å²) in [6.07, 6.45) is 0.396. The van der Waals surface area contributed by atoms with Gasteiger partial charge in [-0.05, 0) is 24.1 Å². The Kier molecular flexibility index (Phi) is 5.76. The molecule has 0 radical (unpaired) electrons. The third-order valence-corrected chi connectivity index (χ3v) is 4.93. The molecule has 27 heavy (non-hydrogen) atoms. The highest BCUT2D eigenvalue weighted by atomic mass is 35.5. The summed E-state index contributed by atoms with van der Waals surface area (Å²) in [4.78, 5) is 38.1. The lowest BCUT2D eigenvalue weighted by Gasteiger charge is -2.35. The average Bonchev–Trinajstić information content (AvgIpc) is 2.67. The number of carbonyl (C=O) groups is 3. The van der Waals surface area contributed by atoms with Crippen LogP contribution in [0, 0.1) is 0 Å². The highest BCUT2D eigenvalue weighted by Crippen LogP contribution is 2.30. The van der Waals surface area contributed by atoms with E-state index in [-0.39, 0.29) is 30.2 Å². The van der Waals surface area contributed by atoms with Gasteiger partial charge in [-0.3, -0.25) is 9.59 Å². The molecule has 1 heterocycles. The maximum Gasteiger partial charge on any atom is 0.335 e. The molecule has 0 aliphatic carbocycles. The summed E-state index contributed by atoms with van der Waals surface area (Å²) in [6, 6.07) is 12.8. The number of aromatic carboxylic acids is 1. The monoisotopic (exact) mass is 386 g/mol. The third-order valence-electron chi connectivity index (χ3n) is 4.59. The van der Waals surface area contributed by atoms with Crippen molar-refractivity contribution in [3.05, 3.63) is 70.2 Å². The lowest BCUT2D eigenvalue weighted by Crippen LogP contribution is -2.52. The molecule has 1 fully saturated rings. The fourth-order valence-electron chi connectivity index (χ4n) is 3.27. The first kappa shape index (κ1) is 18.9. The second-order valence-electron chi connectivity index (χ2n) is 6.26. The second-order valence-corrected chi connectivity index (χ2v) is 6.67. The van der Waals surface area contributed by atoms with Gasteiger partial charge in [0.05, 0.1) is 5.56 Å². The Bertz CT molecular complexity index is 884. The largest absolute Gasteiger partial charge is 0.478 e. The summed E-state index contributed by atoms with van der Waals surface area (Å²) >= 11 is 6.24. The van der Waals surface area contributed by atoms with Gasteiger partial charge in [0.25, 0.3) is 0 Å². The molecular formula is C20H19ClN2O4. The molecule has 2 amide bonds. The van der Waals surface area contributed by atoms with Gasteiger partial charge in [-0.15, -0.1) is 0 Å².